The number of anilines is 1. The molecule has 1 heterocycles. The molecule has 2 aromatic rings. The Labute approximate surface area is 118 Å². The Morgan fingerprint density at radius 1 is 1.16 bits per heavy atom. The fourth-order valence-electron chi connectivity index (χ4n) is 1.84. The zero-order valence-electron chi connectivity index (χ0n) is 11.0. The second-order valence-corrected chi connectivity index (χ2v) is 7.39. The van der Waals surface area contributed by atoms with Crippen molar-refractivity contribution < 1.29 is 8.42 Å². The summed E-state index contributed by atoms with van der Waals surface area (Å²) in [6.45, 7) is 2.92. The maximum absolute atomic E-state index is 11.4. The standard InChI is InChI=1S/C14H17NO2S2/c1-3-11-8-9-18-14(11)10-15-12-4-6-13(7-5-12)19(2,16)17/h4-9,15H,3,10H2,1-2H3. The van der Waals surface area contributed by atoms with Gasteiger partial charge in [0.15, 0.2) is 9.84 Å². The lowest BCUT2D eigenvalue weighted by Crippen LogP contribution is -2.01. The quantitative estimate of drug-likeness (QED) is 0.920. The minimum Gasteiger partial charge on any atom is -0.380 e. The van der Waals surface area contributed by atoms with Crippen molar-refractivity contribution in [2.45, 2.75) is 24.8 Å². The van der Waals surface area contributed by atoms with E-state index in [1.54, 1.807) is 35.6 Å². The van der Waals surface area contributed by atoms with Crippen molar-refractivity contribution in [1.29, 1.82) is 0 Å². The molecule has 102 valence electrons. The summed E-state index contributed by atoms with van der Waals surface area (Å²) in [4.78, 5) is 1.68. The van der Waals surface area contributed by atoms with Crippen LogP contribution in [0.3, 0.4) is 0 Å². The summed E-state index contributed by atoms with van der Waals surface area (Å²) in [6, 6.07) is 9.01. The molecule has 2 rings (SSSR count). The second kappa shape index (κ2) is 5.75. The molecule has 5 heteroatoms. The van der Waals surface area contributed by atoms with Crippen LogP contribution in [0, 0.1) is 0 Å². The normalized spacial score (nSPS) is 11.5. The van der Waals surface area contributed by atoms with E-state index in [2.05, 4.69) is 23.7 Å². The monoisotopic (exact) mass is 295 g/mol. The summed E-state index contributed by atoms with van der Waals surface area (Å²) in [5, 5.41) is 5.42. The molecule has 19 heavy (non-hydrogen) atoms. The van der Waals surface area contributed by atoms with Crippen molar-refractivity contribution in [3.05, 3.63) is 46.2 Å². The average Bonchev–Trinajstić information content (AvgIpc) is 2.83. The highest BCUT2D eigenvalue weighted by molar-refractivity contribution is 7.90. The molecule has 0 aliphatic carbocycles. The lowest BCUT2D eigenvalue weighted by Gasteiger charge is -2.07. The van der Waals surface area contributed by atoms with Crippen molar-refractivity contribution >= 4 is 26.9 Å². The maximum atomic E-state index is 11.4. The zero-order valence-corrected chi connectivity index (χ0v) is 12.6. The molecule has 1 aromatic carbocycles. The van der Waals surface area contributed by atoms with Crippen LogP contribution in [0.4, 0.5) is 5.69 Å². The van der Waals surface area contributed by atoms with Gasteiger partial charge in [0.25, 0.3) is 0 Å². The molecule has 0 amide bonds. The molecule has 0 bridgehead atoms. The Kier molecular flexibility index (Phi) is 4.27. The summed E-state index contributed by atoms with van der Waals surface area (Å²) in [6.07, 6.45) is 2.25. The van der Waals surface area contributed by atoms with Crippen LogP contribution in [-0.2, 0) is 22.8 Å². The third-order valence-electron chi connectivity index (χ3n) is 2.95. The Bertz CT molecular complexity index is 642. The number of thiophene rings is 1. The first-order chi connectivity index (χ1) is 9.00. The van der Waals surface area contributed by atoms with Crippen molar-refractivity contribution in [1.82, 2.24) is 0 Å². The highest BCUT2D eigenvalue weighted by Gasteiger charge is 2.06. The van der Waals surface area contributed by atoms with Gasteiger partial charge in [-0.3, -0.25) is 0 Å². The molecule has 1 aromatic heterocycles. The molecular weight excluding hydrogens is 278 g/mol. The third-order valence-corrected chi connectivity index (χ3v) is 5.05. The highest BCUT2D eigenvalue weighted by atomic mass is 32.2. The van der Waals surface area contributed by atoms with Crippen LogP contribution in [0.1, 0.15) is 17.4 Å². The van der Waals surface area contributed by atoms with Crippen LogP contribution in [0.2, 0.25) is 0 Å². The second-order valence-electron chi connectivity index (χ2n) is 4.37. The fourth-order valence-corrected chi connectivity index (χ4v) is 3.39. The number of sulfone groups is 1. The van der Waals surface area contributed by atoms with E-state index in [0.717, 1.165) is 18.7 Å². The van der Waals surface area contributed by atoms with Crippen LogP contribution in [0.5, 0.6) is 0 Å². The Morgan fingerprint density at radius 3 is 2.42 bits per heavy atom. The molecule has 3 nitrogen and oxygen atoms in total. The zero-order chi connectivity index (χ0) is 13.9. The average molecular weight is 295 g/mol. The van der Waals surface area contributed by atoms with Crippen LogP contribution >= 0.6 is 11.3 Å². The van der Waals surface area contributed by atoms with Crippen molar-refractivity contribution in [3.63, 3.8) is 0 Å². The summed E-state index contributed by atoms with van der Waals surface area (Å²) < 4.78 is 22.7. The largest absolute Gasteiger partial charge is 0.380 e. The summed E-state index contributed by atoms with van der Waals surface area (Å²) in [7, 11) is -3.11. The first-order valence-corrected chi connectivity index (χ1v) is 8.87. The Hall–Kier alpha value is -1.33. The molecule has 1 N–H and O–H groups in total. The van der Waals surface area contributed by atoms with Crippen molar-refractivity contribution in [2.75, 3.05) is 11.6 Å². The maximum Gasteiger partial charge on any atom is 0.175 e. The number of benzene rings is 1. The summed E-state index contributed by atoms with van der Waals surface area (Å²) in [5.41, 5.74) is 2.30. The smallest absolute Gasteiger partial charge is 0.175 e. The van der Waals surface area contributed by atoms with Gasteiger partial charge in [-0.25, -0.2) is 8.42 Å². The molecule has 0 atom stereocenters. The lowest BCUT2D eigenvalue weighted by molar-refractivity contribution is 0.602. The van der Waals surface area contributed by atoms with E-state index in [9.17, 15) is 8.42 Å². The van der Waals surface area contributed by atoms with E-state index in [1.807, 2.05) is 0 Å². The van der Waals surface area contributed by atoms with E-state index in [-0.39, 0.29) is 0 Å². The minimum atomic E-state index is -3.11. The van der Waals surface area contributed by atoms with Gasteiger partial charge in [-0.2, -0.15) is 0 Å². The minimum absolute atomic E-state index is 0.350. The van der Waals surface area contributed by atoms with E-state index in [4.69, 9.17) is 0 Å². The Balaban J connectivity index is 2.05. The number of hydrogen-bond donors (Lipinski definition) is 1. The van der Waals surface area contributed by atoms with Gasteiger partial charge in [0.1, 0.15) is 0 Å². The molecule has 0 aliphatic rings. The van der Waals surface area contributed by atoms with Gasteiger partial charge in [0, 0.05) is 23.4 Å². The molecule has 0 saturated heterocycles. The molecule has 0 aliphatic heterocycles. The van der Waals surface area contributed by atoms with Gasteiger partial charge >= 0.3 is 0 Å². The predicted molar refractivity (Wildman–Crippen MR) is 80.6 cm³/mol. The van der Waals surface area contributed by atoms with Crippen molar-refractivity contribution in [2.24, 2.45) is 0 Å². The van der Waals surface area contributed by atoms with Crippen LogP contribution in [0.25, 0.3) is 0 Å². The van der Waals surface area contributed by atoms with Gasteiger partial charge in [0.2, 0.25) is 0 Å². The number of nitrogens with one attached hydrogen (secondary N) is 1. The number of rotatable bonds is 5. The van der Waals surface area contributed by atoms with Gasteiger partial charge in [-0.1, -0.05) is 6.92 Å². The van der Waals surface area contributed by atoms with Crippen LogP contribution < -0.4 is 5.32 Å². The molecular formula is C14H17NO2S2. The molecule has 0 spiro atoms. The molecule has 0 unspecified atom stereocenters. The van der Waals surface area contributed by atoms with Gasteiger partial charge in [0.05, 0.1) is 4.90 Å². The van der Waals surface area contributed by atoms with Gasteiger partial charge < -0.3 is 5.32 Å². The topological polar surface area (TPSA) is 46.2 Å². The number of hydrogen-bond acceptors (Lipinski definition) is 4. The predicted octanol–water partition coefficient (Wildman–Crippen LogP) is 3.33. The van der Waals surface area contributed by atoms with Crippen molar-refractivity contribution in [3.8, 4) is 0 Å². The third kappa shape index (κ3) is 3.58. The summed E-state index contributed by atoms with van der Waals surface area (Å²) >= 11 is 1.74. The van der Waals surface area contributed by atoms with E-state index in [1.165, 1.54) is 16.7 Å². The Morgan fingerprint density at radius 2 is 1.84 bits per heavy atom. The first-order valence-electron chi connectivity index (χ1n) is 6.10. The molecule has 0 radical (unpaired) electrons. The fraction of sp³-hybridized carbons (Fsp3) is 0.286. The van der Waals surface area contributed by atoms with Crippen LogP contribution in [0.15, 0.2) is 40.6 Å². The molecule has 0 fully saturated rings. The lowest BCUT2D eigenvalue weighted by atomic mass is 10.2. The first kappa shape index (κ1) is 14.1. The van der Waals surface area contributed by atoms with Gasteiger partial charge in [-0.05, 0) is 47.7 Å². The highest BCUT2D eigenvalue weighted by Crippen LogP contribution is 2.20. The van der Waals surface area contributed by atoms with E-state index < -0.39 is 9.84 Å². The van der Waals surface area contributed by atoms with E-state index >= 15 is 0 Å². The van der Waals surface area contributed by atoms with E-state index in [0.29, 0.717) is 4.90 Å². The summed E-state index contributed by atoms with van der Waals surface area (Å²) in [5.74, 6) is 0. The van der Waals surface area contributed by atoms with Gasteiger partial charge in [-0.15, -0.1) is 11.3 Å². The van der Waals surface area contributed by atoms with Crippen LogP contribution in [-0.4, -0.2) is 14.7 Å². The number of aryl methyl sites for hydroxylation is 1. The molecule has 0 saturated carbocycles. The SMILES string of the molecule is CCc1ccsc1CNc1ccc(S(C)(=O)=O)cc1.